The molecule has 0 bridgehead atoms. The summed E-state index contributed by atoms with van der Waals surface area (Å²) in [4.78, 5) is 17.2. The first-order valence-corrected chi connectivity index (χ1v) is 12.2. The van der Waals surface area contributed by atoms with Crippen molar-refractivity contribution in [3.8, 4) is 11.5 Å². The second-order valence-electron chi connectivity index (χ2n) is 8.69. The molecular weight excluding hydrogens is 438 g/mol. The van der Waals surface area contributed by atoms with Crippen LogP contribution in [0.5, 0.6) is 11.5 Å². The minimum atomic E-state index is -0.133. The first-order chi connectivity index (χ1) is 17.1. The van der Waals surface area contributed by atoms with Gasteiger partial charge in [-0.15, -0.1) is 0 Å². The molecular formula is C29H33N3O3. The average molecular weight is 472 g/mol. The Labute approximate surface area is 206 Å². The Balaban J connectivity index is 1.27. The number of rotatable bonds is 12. The standard InChI is InChI=1S/C29H33N3O3/c1-22-14-15-23(2)27(20-22)35-21-29(33)30-17-16-28-31-25-12-6-7-13-26(25)32(28)18-8-9-19-34-24-10-4-3-5-11-24/h3-7,10-15,20H,8-9,16-19,21H2,1-2H3,(H,30,33). The predicted octanol–water partition coefficient (Wildman–Crippen LogP) is 5.25. The number of imidazole rings is 1. The van der Waals surface area contributed by atoms with Gasteiger partial charge >= 0.3 is 0 Å². The molecule has 0 aliphatic heterocycles. The van der Waals surface area contributed by atoms with Gasteiger partial charge in [0.05, 0.1) is 17.6 Å². The van der Waals surface area contributed by atoms with Gasteiger partial charge in [0, 0.05) is 19.5 Å². The zero-order valence-corrected chi connectivity index (χ0v) is 20.5. The Morgan fingerprint density at radius 2 is 1.74 bits per heavy atom. The smallest absolute Gasteiger partial charge is 0.257 e. The lowest BCUT2D eigenvalue weighted by Crippen LogP contribution is -2.31. The highest BCUT2D eigenvalue weighted by atomic mass is 16.5. The van der Waals surface area contributed by atoms with Crippen LogP contribution in [0.3, 0.4) is 0 Å². The number of aromatic nitrogens is 2. The first kappa shape index (κ1) is 24.3. The van der Waals surface area contributed by atoms with E-state index in [1.807, 2.05) is 80.6 Å². The van der Waals surface area contributed by atoms with Crippen LogP contribution in [0.25, 0.3) is 11.0 Å². The van der Waals surface area contributed by atoms with Crippen molar-refractivity contribution < 1.29 is 14.3 Å². The molecule has 3 aromatic carbocycles. The predicted molar refractivity (Wildman–Crippen MR) is 139 cm³/mol. The van der Waals surface area contributed by atoms with Gasteiger partial charge in [0.2, 0.25) is 0 Å². The van der Waals surface area contributed by atoms with Crippen molar-refractivity contribution in [3.63, 3.8) is 0 Å². The number of aryl methyl sites for hydroxylation is 3. The molecule has 1 N–H and O–H groups in total. The lowest BCUT2D eigenvalue weighted by atomic mass is 10.1. The van der Waals surface area contributed by atoms with E-state index in [4.69, 9.17) is 14.5 Å². The largest absolute Gasteiger partial charge is 0.494 e. The zero-order chi connectivity index (χ0) is 24.5. The molecule has 0 radical (unpaired) electrons. The number of para-hydroxylation sites is 3. The maximum atomic E-state index is 12.3. The number of amides is 1. The molecule has 1 aromatic heterocycles. The van der Waals surface area contributed by atoms with E-state index < -0.39 is 0 Å². The summed E-state index contributed by atoms with van der Waals surface area (Å²) < 4.78 is 13.8. The number of ether oxygens (including phenoxy) is 2. The van der Waals surface area contributed by atoms with Gasteiger partial charge < -0.3 is 19.4 Å². The van der Waals surface area contributed by atoms with Crippen LogP contribution in [0.15, 0.2) is 72.8 Å². The first-order valence-electron chi connectivity index (χ1n) is 12.2. The van der Waals surface area contributed by atoms with E-state index in [9.17, 15) is 4.79 Å². The summed E-state index contributed by atoms with van der Waals surface area (Å²) in [5, 5.41) is 2.96. The summed E-state index contributed by atoms with van der Waals surface area (Å²) in [5.41, 5.74) is 4.23. The summed E-state index contributed by atoms with van der Waals surface area (Å²) in [5.74, 6) is 2.49. The topological polar surface area (TPSA) is 65.4 Å². The van der Waals surface area contributed by atoms with Crippen LogP contribution in [0.2, 0.25) is 0 Å². The van der Waals surface area contributed by atoms with E-state index in [0.29, 0.717) is 19.6 Å². The molecule has 0 spiro atoms. The van der Waals surface area contributed by atoms with E-state index in [0.717, 1.165) is 58.9 Å². The maximum absolute atomic E-state index is 12.3. The Morgan fingerprint density at radius 3 is 2.60 bits per heavy atom. The van der Waals surface area contributed by atoms with Crippen LogP contribution >= 0.6 is 0 Å². The van der Waals surface area contributed by atoms with Crippen molar-refractivity contribution >= 4 is 16.9 Å². The van der Waals surface area contributed by atoms with E-state index in [1.165, 1.54) is 0 Å². The fourth-order valence-electron chi connectivity index (χ4n) is 4.02. The SMILES string of the molecule is Cc1ccc(C)c(OCC(=O)NCCc2nc3ccccc3n2CCCCOc2ccccc2)c1. The highest BCUT2D eigenvalue weighted by Gasteiger charge is 2.11. The quantitative estimate of drug-likeness (QED) is 0.287. The average Bonchev–Trinajstić information content (AvgIpc) is 3.22. The van der Waals surface area contributed by atoms with Gasteiger partial charge in [-0.3, -0.25) is 4.79 Å². The van der Waals surface area contributed by atoms with Crippen molar-refractivity contribution in [1.29, 1.82) is 0 Å². The van der Waals surface area contributed by atoms with Crippen LogP contribution in [-0.4, -0.2) is 35.2 Å². The maximum Gasteiger partial charge on any atom is 0.257 e. The molecule has 0 aliphatic carbocycles. The molecule has 0 atom stereocenters. The molecule has 0 unspecified atom stereocenters. The lowest BCUT2D eigenvalue weighted by Gasteiger charge is -2.12. The minimum absolute atomic E-state index is 0.00211. The summed E-state index contributed by atoms with van der Waals surface area (Å²) in [6.45, 7) is 6.04. The molecule has 0 fully saturated rings. The molecule has 6 heteroatoms. The van der Waals surface area contributed by atoms with E-state index >= 15 is 0 Å². The summed E-state index contributed by atoms with van der Waals surface area (Å²) in [7, 11) is 0. The van der Waals surface area contributed by atoms with Crippen molar-refractivity contribution in [3.05, 3.63) is 89.7 Å². The van der Waals surface area contributed by atoms with E-state index in [-0.39, 0.29) is 12.5 Å². The fourth-order valence-corrected chi connectivity index (χ4v) is 4.02. The normalized spacial score (nSPS) is 10.9. The van der Waals surface area contributed by atoms with Crippen LogP contribution in [-0.2, 0) is 17.8 Å². The van der Waals surface area contributed by atoms with Crippen molar-refractivity contribution in [2.45, 2.75) is 39.7 Å². The third kappa shape index (κ3) is 6.85. The van der Waals surface area contributed by atoms with Crippen molar-refractivity contribution in [2.24, 2.45) is 0 Å². The van der Waals surface area contributed by atoms with Gasteiger partial charge in [0.15, 0.2) is 6.61 Å². The van der Waals surface area contributed by atoms with Crippen LogP contribution in [0.4, 0.5) is 0 Å². The number of nitrogens with one attached hydrogen (secondary N) is 1. The number of fused-ring (bicyclic) bond motifs is 1. The third-order valence-corrected chi connectivity index (χ3v) is 5.89. The second kappa shape index (κ2) is 12.1. The number of nitrogens with zero attached hydrogens (tertiary/aromatic N) is 2. The number of hydrogen-bond acceptors (Lipinski definition) is 4. The summed E-state index contributed by atoms with van der Waals surface area (Å²) >= 11 is 0. The Kier molecular flexibility index (Phi) is 8.39. The molecule has 0 aliphatic rings. The number of carbonyl (C=O) groups is 1. The minimum Gasteiger partial charge on any atom is -0.494 e. The highest BCUT2D eigenvalue weighted by Crippen LogP contribution is 2.19. The Bertz CT molecular complexity index is 1250. The Morgan fingerprint density at radius 1 is 0.943 bits per heavy atom. The molecule has 1 amide bonds. The van der Waals surface area contributed by atoms with Gasteiger partial charge in [-0.25, -0.2) is 4.98 Å². The Hall–Kier alpha value is -3.80. The summed E-state index contributed by atoms with van der Waals surface area (Å²) in [6.07, 6.45) is 2.59. The van der Waals surface area contributed by atoms with Crippen molar-refractivity contribution in [2.75, 3.05) is 19.8 Å². The molecule has 0 saturated carbocycles. The van der Waals surface area contributed by atoms with Crippen LogP contribution in [0, 0.1) is 13.8 Å². The highest BCUT2D eigenvalue weighted by molar-refractivity contribution is 5.78. The number of unbranched alkanes of at least 4 members (excludes halogenated alkanes) is 1. The molecule has 6 nitrogen and oxygen atoms in total. The molecule has 4 aromatic rings. The van der Waals surface area contributed by atoms with Gasteiger partial charge in [0.1, 0.15) is 17.3 Å². The molecule has 35 heavy (non-hydrogen) atoms. The fraction of sp³-hybridized carbons (Fsp3) is 0.310. The molecule has 182 valence electrons. The van der Waals surface area contributed by atoms with Gasteiger partial charge in [-0.2, -0.15) is 0 Å². The van der Waals surface area contributed by atoms with Crippen molar-refractivity contribution in [1.82, 2.24) is 14.9 Å². The number of benzene rings is 3. The third-order valence-electron chi connectivity index (χ3n) is 5.89. The van der Waals surface area contributed by atoms with Gasteiger partial charge in [0.25, 0.3) is 5.91 Å². The summed E-state index contributed by atoms with van der Waals surface area (Å²) in [6, 6.07) is 24.1. The van der Waals surface area contributed by atoms with Crippen LogP contribution in [0.1, 0.15) is 29.8 Å². The van der Waals surface area contributed by atoms with Gasteiger partial charge in [-0.05, 0) is 68.1 Å². The zero-order valence-electron chi connectivity index (χ0n) is 20.5. The number of hydrogen-bond donors (Lipinski definition) is 1. The van der Waals surface area contributed by atoms with Gasteiger partial charge in [-0.1, -0.05) is 42.5 Å². The van der Waals surface area contributed by atoms with E-state index in [1.54, 1.807) is 0 Å². The second-order valence-corrected chi connectivity index (χ2v) is 8.69. The molecule has 0 saturated heterocycles. The molecule has 1 heterocycles. The monoisotopic (exact) mass is 471 g/mol. The lowest BCUT2D eigenvalue weighted by molar-refractivity contribution is -0.123. The number of carbonyl (C=O) groups excluding carboxylic acids is 1. The van der Waals surface area contributed by atoms with E-state index in [2.05, 4.69) is 16.0 Å². The molecule has 4 rings (SSSR count). The van der Waals surface area contributed by atoms with Crippen LogP contribution < -0.4 is 14.8 Å².